The third-order valence-corrected chi connectivity index (χ3v) is 3.18. The Kier molecular flexibility index (Phi) is 3.46. The van der Waals surface area contributed by atoms with E-state index in [1.54, 1.807) is 0 Å². The molecule has 0 unspecified atom stereocenters. The smallest absolute Gasteiger partial charge is 0.160 e. The fourth-order valence-electron chi connectivity index (χ4n) is 1.86. The highest BCUT2D eigenvalue weighted by molar-refractivity contribution is 5.94. The Morgan fingerprint density at radius 2 is 1.94 bits per heavy atom. The van der Waals surface area contributed by atoms with Crippen molar-refractivity contribution < 1.29 is 4.63 Å². The highest BCUT2D eigenvalue weighted by Crippen LogP contribution is 2.25. The molecule has 1 aromatic carbocycles. The Balaban J connectivity index is 2.19. The SMILES string of the molecule is CCC(CC)CNc1ccc(N)c2nonc12. The predicted molar refractivity (Wildman–Crippen MR) is 68.8 cm³/mol. The summed E-state index contributed by atoms with van der Waals surface area (Å²) in [6.45, 7) is 5.33. The van der Waals surface area contributed by atoms with Crippen LogP contribution in [-0.4, -0.2) is 16.9 Å². The van der Waals surface area contributed by atoms with Crippen LogP contribution in [0.3, 0.4) is 0 Å². The Bertz CT molecular complexity index is 490. The van der Waals surface area contributed by atoms with E-state index in [4.69, 9.17) is 10.4 Å². The van der Waals surface area contributed by atoms with E-state index >= 15 is 0 Å². The summed E-state index contributed by atoms with van der Waals surface area (Å²) in [5.74, 6) is 0.669. The summed E-state index contributed by atoms with van der Waals surface area (Å²) in [6.07, 6.45) is 2.33. The molecule has 92 valence electrons. The summed E-state index contributed by atoms with van der Waals surface area (Å²) in [4.78, 5) is 0. The molecule has 0 aliphatic carbocycles. The molecule has 3 N–H and O–H groups in total. The number of hydrogen-bond acceptors (Lipinski definition) is 5. The molecule has 0 aliphatic rings. The van der Waals surface area contributed by atoms with E-state index in [2.05, 4.69) is 29.5 Å². The largest absolute Gasteiger partial charge is 0.397 e. The molecule has 0 spiro atoms. The van der Waals surface area contributed by atoms with Crippen LogP contribution in [0, 0.1) is 5.92 Å². The standard InChI is InChI=1S/C12H18N4O/c1-3-8(4-2)7-14-10-6-5-9(13)11-12(10)16-17-15-11/h5-6,8,14H,3-4,7,13H2,1-2H3. The van der Waals surface area contributed by atoms with Crippen molar-refractivity contribution in [1.82, 2.24) is 10.3 Å². The highest BCUT2D eigenvalue weighted by atomic mass is 16.6. The van der Waals surface area contributed by atoms with Crippen LogP contribution in [0.25, 0.3) is 11.0 Å². The quantitative estimate of drug-likeness (QED) is 0.778. The second-order valence-electron chi connectivity index (χ2n) is 4.23. The minimum atomic E-state index is 0.592. The number of aromatic nitrogens is 2. The lowest BCUT2D eigenvalue weighted by atomic mass is 10.0. The van der Waals surface area contributed by atoms with Gasteiger partial charge in [0.15, 0.2) is 11.0 Å². The van der Waals surface area contributed by atoms with Crippen LogP contribution in [0.2, 0.25) is 0 Å². The van der Waals surface area contributed by atoms with Gasteiger partial charge in [0.05, 0.1) is 11.4 Å². The number of nitrogens with zero attached hydrogens (tertiary/aromatic N) is 2. The molecule has 5 heteroatoms. The van der Waals surface area contributed by atoms with Gasteiger partial charge in [0.25, 0.3) is 0 Å². The number of nitrogen functional groups attached to an aromatic ring is 1. The first-order chi connectivity index (χ1) is 8.26. The van der Waals surface area contributed by atoms with Gasteiger partial charge >= 0.3 is 0 Å². The van der Waals surface area contributed by atoms with Crippen molar-refractivity contribution in [2.24, 2.45) is 5.92 Å². The zero-order chi connectivity index (χ0) is 12.3. The van der Waals surface area contributed by atoms with Crippen LogP contribution < -0.4 is 11.1 Å². The molecule has 17 heavy (non-hydrogen) atoms. The maximum Gasteiger partial charge on any atom is 0.160 e. The molecule has 0 bridgehead atoms. The lowest BCUT2D eigenvalue weighted by Crippen LogP contribution is -2.13. The summed E-state index contributed by atoms with van der Waals surface area (Å²) in [5, 5.41) is 11.1. The molecular formula is C12H18N4O. The van der Waals surface area contributed by atoms with Gasteiger partial charge in [0.2, 0.25) is 0 Å². The molecule has 0 atom stereocenters. The number of nitrogens with two attached hydrogens (primary N) is 1. The monoisotopic (exact) mass is 234 g/mol. The van der Waals surface area contributed by atoms with Crippen molar-refractivity contribution in [1.29, 1.82) is 0 Å². The molecule has 0 saturated carbocycles. The van der Waals surface area contributed by atoms with Crippen LogP contribution in [0.5, 0.6) is 0 Å². The molecule has 0 radical (unpaired) electrons. The van der Waals surface area contributed by atoms with Crippen molar-refractivity contribution in [3.63, 3.8) is 0 Å². The van der Waals surface area contributed by atoms with Crippen LogP contribution >= 0.6 is 0 Å². The van der Waals surface area contributed by atoms with E-state index in [1.807, 2.05) is 12.1 Å². The van der Waals surface area contributed by atoms with E-state index in [0.29, 0.717) is 22.6 Å². The predicted octanol–water partition coefficient (Wildman–Crippen LogP) is 2.65. The molecule has 0 amide bonds. The Labute approximate surface area is 100 Å². The molecule has 2 aromatic rings. The summed E-state index contributed by atoms with van der Waals surface area (Å²) in [7, 11) is 0. The fourth-order valence-corrected chi connectivity index (χ4v) is 1.86. The van der Waals surface area contributed by atoms with E-state index in [0.717, 1.165) is 12.2 Å². The first kappa shape index (κ1) is 11.7. The topological polar surface area (TPSA) is 77.0 Å². The second-order valence-corrected chi connectivity index (χ2v) is 4.23. The normalized spacial score (nSPS) is 11.2. The maximum atomic E-state index is 5.79. The lowest BCUT2D eigenvalue weighted by molar-refractivity contribution is 0.315. The minimum absolute atomic E-state index is 0.592. The minimum Gasteiger partial charge on any atom is -0.397 e. The second kappa shape index (κ2) is 5.03. The van der Waals surface area contributed by atoms with Crippen molar-refractivity contribution in [2.75, 3.05) is 17.6 Å². The molecule has 2 rings (SSSR count). The fraction of sp³-hybridized carbons (Fsp3) is 0.500. The molecule has 1 aromatic heterocycles. The van der Waals surface area contributed by atoms with Gasteiger partial charge in [0, 0.05) is 6.54 Å². The first-order valence-electron chi connectivity index (χ1n) is 6.00. The number of fused-ring (bicyclic) bond motifs is 1. The molecule has 0 fully saturated rings. The van der Waals surface area contributed by atoms with Crippen molar-refractivity contribution in [3.8, 4) is 0 Å². The summed E-state index contributed by atoms with van der Waals surface area (Å²) in [6, 6.07) is 3.74. The zero-order valence-electron chi connectivity index (χ0n) is 10.2. The van der Waals surface area contributed by atoms with Gasteiger partial charge in [-0.05, 0) is 28.4 Å². The lowest BCUT2D eigenvalue weighted by Gasteiger charge is -2.14. The van der Waals surface area contributed by atoms with E-state index in [9.17, 15) is 0 Å². The number of hydrogen-bond donors (Lipinski definition) is 2. The molecule has 1 heterocycles. The molecule has 0 aliphatic heterocycles. The van der Waals surface area contributed by atoms with E-state index in [-0.39, 0.29) is 0 Å². The number of nitrogens with one attached hydrogen (secondary N) is 1. The average Bonchev–Trinajstić information content (AvgIpc) is 2.83. The van der Waals surface area contributed by atoms with E-state index < -0.39 is 0 Å². The Morgan fingerprint density at radius 1 is 1.24 bits per heavy atom. The van der Waals surface area contributed by atoms with Crippen LogP contribution in [0.1, 0.15) is 26.7 Å². The average molecular weight is 234 g/mol. The van der Waals surface area contributed by atoms with Gasteiger partial charge < -0.3 is 11.1 Å². The third kappa shape index (κ3) is 2.33. The van der Waals surface area contributed by atoms with Crippen LogP contribution in [-0.2, 0) is 0 Å². The summed E-state index contributed by atoms with van der Waals surface area (Å²) in [5.41, 5.74) is 8.64. The van der Waals surface area contributed by atoms with Crippen LogP contribution in [0.15, 0.2) is 16.8 Å². The molecule has 0 saturated heterocycles. The van der Waals surface area contributed by atoms with Gasteiger partial charge in [0.1, 0.15) is 0 Å². The Morgan fingerprint density at radius 3 is 2.65 bits per heavy atom. The Hall–Kier alpha value is -1.78. The van der Waals surface area contributed by atoms with Gasteiger partial charge in [-0.25, -0.2) is 4.63 Å². The van der Waals surface area contributed by atoms with Crippen molar-refractivity contribution in [2.45, 2.75) is 26.7 Å². The summed E-state index contributed by atoms with van der Waals surface area (Å²) >= 11 is 0. The van der Waals surface area contributed by atoms with Gasteiger partial charge in [-0.15, -0.1) is 0 Å². The number of anilines is 2. The summed E-state index contributed by atoms with van der Waals surface area (Å²) < 4.78 is 4.73. The van der Waals surface area contributed by atoms with Crippen molar-refractivity contribution in [3.05, 3.63) is 12.1 Å². The third-order valence-electron chi connectivity index (χ3n) is 3.18. The highest BCUT2D eigenvalue weighted by Gasteiger charge is 2.10. The van der Waals surface area contributed by atoms with Gasteiger partial charge in [-0.1, -0.05) is 26.7 Å². The first-order valence-corrected chi connectivity index (χ1v) is 6.00. The molecular weight excluding hydrogens is 216 g/mol. The van der Waals surface area contributed by atoms with Gasteiger partial charge in [-0.3, -0.25) is 0 Å². The van der Waals surface area contributed by atoms with E-state index in [1.165, 1.54) is 12.8 Å². The van der Waals surface area contributed by atoms with Gasteiger partial charge in [-0.2, -0.15) is 0 Å². The molecule has 5 nitrogen and oxygen atoms in total. The number of benzene rings is 1. The maximum absolute atomic E-state index is 5.79. The van der Waals surface area contributed by atoms with Crippen LogP contribution in [0.4, 0.5) is 11.4 Å². The van der Waals surface area contributed by atoms with Crippen molar-refractivity contribution >= 4 is 22.4 Å². The zero-order valence-corrected chi connectivity index (χ0v) is 10.2. The number of rotatable bonds is 5.